The van der Waals surface area contributed by atoms with Gasteiger partial charge >= 0.3 is 5.97 Å². The molecular formula is C18H21N3O3. The summed E-state index contributed by atoms with van der Waals surface area (Å²) in [6.07, 6.45) is 4.77. The Morgan fingerprint density at radius 3 is 2.83 bits per heavy atom. The quantitative estimate of drug-likeness (QED) is 0.808. The van der Waals surface area contributed by atoms with Crippen molar-refractivity contribution >= 4 is 11.9 Å². The summed E-state index contributed by atoms with van der Waals surface area (Å²) in [6, 6.07) is 9.62. The van der Waals surface area contributed by atoms with E-state index in [-0.39, 0.29) is 17.8 Å². The average molecular weight is 327 g/mol. The summed E-state index contributed by atoms with van der Waals surface area (Å²) in [6.45, 7) is 3.21. The molecule has 3 rings (SSSR count). The monoisotopic (exact) mass is 327 g/mol. The summed E-state index contributed by atoms with van der Waals surface area (Å²) in [5, 5.41) is 0. The molecule has 0 aliphatic carbocycles. The molecule has 0 unspecified atom stereocenters. The van der Waals surface area contributed by atoms with E-state index in [0.717, 1.165) is 18.5 Å². The summed E-state index contributed by atoms with van der Waals surface area (Å²) in [7, 11) is 0. The third-order valence-corrected chi connectivity index (χ3v) is 4.22. The normalized spacial score (nSPS) is 17.5. The maximum absolute atomic E-state index is 12.9. The molecule has 1 amide bonds. The number of carbonyl (C=O) groups excluding carboxylic acids is 2. The Bertz CT molecular complexity index is 711. The van der Waals surface area contributed by atoms with Crippen molar-refractivity contribution in [2.45, 2.75) is 19.8 Å². The van der Waals surface area contributed by atoms with E-state index in [1.165, 1.54) is 0 Å². The lowest BCUT2D eigenvalue weighted by atomic mass is 9.98. The predicted molar refractivity (Wildman–Crippen MR) is 88.8 cm³/mol. The zero-order valence-electron chi connectivity index (χ0n) is 13.7. The largest absolute Gasteiger partial charge is 0.466 e. The molecule has 1 aliphatic rings. The molecule has 0 bridgehead atoms. The van der Waals surface area contributed by atoms with Crippen LogP contribution < -0.4 is 0 Å². The number of likely N-dealkylation sites (tertiary alicyclic amines) is 1. The highest BCUT2D eigenvalue weighted by molar-refractivity contribution is 5.93. The SMILES string of the molecule is CCOC(=O)[C@H]1CCCN(C(=O)c2cncn2-c2ccccc2)C1. The van der Waals surface area contributed by atoms with E-state index in [1.54, 1.807) is 28.9 Å². The molecule has 0 radical (unpaired) electrons. The first-order chi connectivity index (χ1) is 11.7. The van der Waals surface area contributed by atoms with Crippen molar-refractivity contribution in [1.82, 2.24) is 14.5 Å². The number of piperidine rings is 1. The van der Waals surface area contributed by atoms with Crippen molar-refractivity contribution < 1.29 is 14.3 Å². The number of ether oxygens (including phenoxy) is 1. The van der Waals surface area contributed by atoms with Crippen LogP contribution in [0.4, 0.5) is 0 Å². The average Bonchev–Trinajstić information content (AvgIpc) is 3.12. The highest BCUT2D eigenvalue weighted by Crippen LogP contribution is 2.21. The molecule has 1 fully saturated rings. The fraction of sp³-hybridized carbons (Fsp3) is 0.389. The van der Waals surface area contributed by atoms with Gasteiger partial charge in [-0.15, -0.1) is 0 Å². The highest BCUT2D eigenvalue weighted by atomic mass is 16.5. The molecule has 1 aliphatic heterocycles. The first-order valence-corrected chi connectivity index (χ1v) is 8.24. The Kier molecular flexibility index (Phi) is 4.93. The second-order valence-corrected chi connectivity index (χ2v) is 5.83. The summed E-state index contributed by atoms with van der Waals surface area (Å²) < 4.78 is 6.87. The number of aromatic nitrogens is 2. The summed E-state index contributed by atoms with van der Waals surface area (Å²) in [5.41, 5.74) is 1.39. The van der Waals surface area contributed by atoms with Crippen LogP contribution in [-0.2, 0) is 9.53 Å². The number of rotatable bonds is 4. The first kappa shape index (κ1) is 16.2. The number of nitrogens with zero attached hydrogens (tertiary/aromatic N) is 3. The summed E-state index contributed by atoms with van der Waals surface area (Å²) in [5.74, 6) is -0.562. The Balaban J connectivity index is 1.78. The standard InChI is InChI=1S/C18H21N3O3/c1-2-24-18(23)14-7-6-10-20(12-14)17(22)16-11-19-13-21(16)15-8-4-3-5-9-15/h3-5,8-9,11,13-14H,2,6-7,10,12H2,1H3/t14-/m0/s1. The maximum Gasteiger partial charge on any atom is 0.310 e. The number of carbonyl (C=O) groups is 2. The number of amides is 1. The minimum atomic E-state index is -0.240. The summed E-state index contributed by atoms with van der Waals surface area (Å²) >= 11 is 0. The van der Waals surface area contributed by atoms with Crippen molar-refractivity contribution in [3.05, 3.63) is 48.5 Å². The first-order valence-electron chi connectivity index (χ1n) is 8.24. The van der Waals surface area contributed by atoms with Crippen LogP contribution in [0.25, 0.3) is 5.69 Å². The minimum Gasteiger partial charge on any atom is -0.466 e. The number of para-hydroxylation sites is 1. The molecule has 126 valence electrons. The van der Waals surface area contributed by atoms with Crippen molar-refractivity contribution in [3.8, 4) is 5.69 Å². The van der Waals surface area contributed by atoms with Crippen LogP contribution in [-0.4, -0.2) is 46.0 Å². The minimum absolute atomic E-state index is 0.106. The molecule has 2 aromatic rings. The van der Waals surface area contributed by atoms with Crippen LogP contribution >= 0.6 is 0 Å². The molecule has 1 saturated heterocycles. The number of imidazole rings is 1. The Hall–Kier alpha value is -2.63. The van der Waals surface area contributed by atoms with Gasteiger partial charge < -0.3 is 9.64 Å². The molecule has 2 heterocycles. The van der Waals surface area contributed by atoms with Crippen molar-refractivity contribution in [3.63, 3.8) is 0 Å². The number of esters is 1. The zero-order chi connectivity index (χ0) is 16.9. The van der Waals surface area contributed by atoms with Crippen molar-refractivity contribution in [2.75, 3.05) is 19.7 Å². The maximum atomic E-state index is 12.9. The molecule has 1 aromatic heterocycles. The molecular weight excluding hydrogens is 306 g/mol. The lowest BCUT2D eigenvalue weighted by Crippen LogP contribution is -2.43. The van der Waals surface area contributed by atoms with E-state index in [9.17, 15) is 9.59 Å². The highest BCUT2D eigenvalue weighted by Gasteiger charge is 2.31. The van der Waals surface area contributed by atoms with Gasteiger partial charge in [0.1, 0.15) is 5.69 Å². The Morgan fingerprint density at radius 1 is 1.29 bits per heavy atom. The van der Waals surface area contributed by atoms with Crippen LogP contribution in [0.15, 0.2) is 42.9 Å². The van der Waals surface area contributed by atoms with Crippen molar-refractivity contribution in [1.29, 1.82) is 0 Å². The molecule has 24 heavy (non-hydrogen) atoms. The van der Waals surface area contributed by atoms with Gasteiger partial charge in [-0.1, -0.05) is 18.2 Å². The molecule has 1 aromatic carbocycles. The third kappa shape index (κ3) is 3.32. The molecule has 6 nitrogen and oxygen atoms in total. The van der Waals surface area contributed by atoms with Gasteiger partial charge in [0.25, 0.3) is 5.91 Å². The van der Waals surface area contributed by atoms with Gasteiger partial charge in [0.2, 0.25) is 0 Å². The number of benzene rings is 1. The Labute approximate surface area is 141 Å². The van der Waals surface area contributed by atoms with Gasteiger partial charge in [0.05, 0.1) is 25.0 Å². The van der Waals surface area contributed by atoms with Crippen LogP contribution in [0.3, 0.4) is 0 Å². The topological polar surface area (TPSA) is 64.4 Å². The van der Waals surface area contributed by atoms with E-state index >= 15 is 0 Å². The Morgan fingerprint density at radius 2 is 2.08 bits per heavy atom. The molecule has 0 spiro atoms. The molecule has 1 atom stereocenters. The third-order valence-electron chi connectivity index (χ3n) is 4.22. The van der Waals surface area contributed by atoms with Crippen LogP contribution in [0, 0.1) is 5.92 Å². The van der Waals surface area contributed by atoms with Crippen LogP contribution in [0.5, 0.6) is 0 Å². The fourth-order valence-corrected chi connectivity index (χ4v) is 3.02. The van der Waals surface area contributed by atoms with Gasteiger partial charge in [0, 0.05) is 18.8 Å². The lowest BCUT2D eigenvalue weighted by molar-refractivity contribution is -0.149. The van der Waals surface area contributed by atoms with Crippen LogP contribution in [0.2, 0.25) is 0 Å². The van der Waals surface area contributed by atoms with E-state index in [4.69, 9.17) is 4.74 Å². The predicted octanol–water partition coefficient (Wildman–Crippen LogP) is 2.29. The second kappa shape index (κ2) is 7.29. The van der Waals surface area contributed by atoms with Gasteiger partial charge in [-0.25, -0.2) is 4.98 Å². The zero-order valence-corrected chi connectivity index (χ0v) is 13.7. The number of hydrogen-bond acceptors (Lipinski definition) is 4. The molecule has 0 saturated carbocycles. The van der Waals surface area contributed by atoms with Gasteiger partial charge in [-0.3, -0.25) is 14.2 Å². The van der Waals surface area contributed by atoms with Crippen LogP contribution in [0.1, 0.15) is 30.3 Å². The fourth-order valence-electron chi connectivity index (χ4n) is 3.02. The summed E-state index contributed by atoms with van der Waals surface area (Å²) in [4.78, 5) is 30.7. The smallest absolute Gasteiger partial charge is 0.310 e. The van der Waals surface area contributed by atoms with E-state index in [1.807, 2.05) is 30.3 Å². The van der Waals surface area contributed by atoms with E-state index in [2.05, 4.69) is 4.98 Å². The number of hydrogen-bond donors (Lipinski definition) is 0. The van der Waals surface area contributed by atoms with E-state index < -0.39 is 0 Å². The molecule has 0 N–H and O–H groups in total. The van der Waals surface area contributed by atoms with Crippen molar-refractivity contribution in [2.24, 2.45) is 5.92 Å². The second-order valence-electron chi connectivity index (χ2n) is 5.83. The van der Waals surface area contributed by atoms with E-state index in [0.29, 0.717) is 25.4 Å². The van der Waals surface area contributed by atoms with Gasteiger partial charge in [-0.05, 0) is 31.9 Å². The van der Waals surface area contributed by atoms with Gasteiger partial charge in [-0.2, -0.15) is 0 Å². The molecule has 6 heteroatoms. The lowest BCUT2D eigenvalue weighted by Gasteiger charge is -2.31. The van der Waals surface area contributed by atoms with Gasteiger partial charge in [0.15, 0.2) is 0 Å².